The molecule has 1 radical (unpaired) electrons. The second kappa shape index (κ2) is 4.20. The Hall–Kier alpha value is -0.410. The molecule has 1 unspecified atom stereocenters. The van der Waals surface area contributed by atoms with Crippen molar-refractivity contribution < 1.29 is 4.42 Å². The van der Waals surface area contributed by atoms with Gasteiger partial charge in [0.15, 0.2) is 0 Å². The molecule has 1 aromatic rings. The molecule has 0 amide bonds. The van der Waals surface area contributed by atoms with Crippen LogP contribution in [0.4, 0.5) is 0 Å². The molecule has 1 aromatic heterocycles. The summed E-state index contributed by atoms with van der Waals surface area (Å²) in [6.07, 6.45) is 1.69. The third kappa shape index (κ3) is 3.08. The fourth-order valence-corrected chi connectivity index (χ4v) is 1.66. The number of nitrogens with two attached hydrogens (primary N) is 1. The highest BCUT2D eigenvalue weighted by molar-refractivity contribution is 8.00. The molecule has 0 saturated carbocycles. The van der Waals surface area contributed by atoms with Gasteiger partial charge in [-0.05, 0) is 25.0 Å². The summed E-state index contributed by atoms with van der Waals surface area (Å²) in [4.78, 5) is -0.257. The molecule has 0 spiro atoms. The van der Waals surface area contributed by atoms with Gasteiger partial charge in [-0.1, -0.05) is 13.8 Å². The maximum Gasteiger partial charge on any atom is 0.113 e. The minimum atomic E-state index is -0.257. The first-order valence-corrected chi connectivity index (χ1v) is 5.27. The van der Waals surface area contributed by atoms with Crippen LogP contribution in [-0.2, 0) is 5.75 Å². The largest absolute Gasteiger partial charge is 0.468 e. The van der Waals surface area contributed by atoms with Crippen LogP contribution in [-0.4, -0.2) is 4.87 Å². The SMILES string of the molecule is C[C](C)C(C)(N)SCc1ccco1. The molecular formula is C10H16NOS. The van der Waals surface area contributed by atoms with Gasteiger partial charge in [-0.25, -0.2) is 0 Å². The molecule has 0 saturated heterocycles. The average molecular weight is 198 g/mol. The van der Waals surface area contributed by atoms with Gasteiger partial charge in [0.05, 0.1) is 16.9 Å². The smallest absolute Gasteiger partial charge is 0.113 e. The van der Waals surface area contributed by atoms with Crippen molar-refractivity contribution >= 4 is 11.8 Å². The molecule has 3 heteroatoms. The second-order valence-electron chi connectivity index (χ2n) is 3.48. The average Bonchev–Trinajstić information content (AvgIpc) is 2.52. The lowest BCUT2D eigenvalue weighted by atomic mass is 10.1. The van der Waals surface area contributed by atoms with Crippen molar-refractivity contribution in [3.63, 3.8) is 0 Å². The second-order valence-corrected chi connectivity index (χ2v) is 4.90. The molecule has 13 heavy (non-hydrogen) atoms. The quantitative estimate of drug-likeness (QED) is 0.756. The monoisotopic (exact) mass is 198 g/mol. The van der Waals surface area contributed by atoms with E-state index in [-0.39, 0.29) is 4.87 Å². The fourth-order valence-electron chi connectivity index (χ4n) is 0.760. The molecule has 2 nitrogen and oxygen atoms in total. The number of thioether (sulfide) groups is 1. The van der Waals surface area contributed by atoms with Crippen molar-refractivity contribution in [2.45, 2.75) is 31.4 Å². The Kier molecular flexibility index (Phi) is 3.45. The Morgan fingerprint density at radius 3 is 2.77 bits per heavy atom. The lowest BCUT2D eigenvalue weighted by Gasteiger charge is -2.27. The van der Waals surface area contributed by atoms with Gasteiger partial charge in [0.1, 0.15) is 5.76 Å². The number of rotatable bonds is 4. The Morgan fingerprint density at radius 1 is 1.62 bits per heavy atom. The molecule has 1 rings (SSSR count). The van der Waals surface area contributed by atoms with Crippen LogP contribution in [0.2, 0.25) is 0 Å². The van der Waals surface area contributed by atoms with E-state index in [9.17, 15) is 0 Å². The van der Waals surface area contributed by atoms with E-state index in [2.05, 4.69) is 13.8 Å². The van der Waals surface area contributed by atoms with E-state index in [1.165, 1.54) is 5.92 Å². The van der Waals surface area contributed by atoms with Crippen LogP contribution in [0.5, 0.6) is 0 Å². The predicted molar refractivity (Wildman–Crippen MR) is 57.2 cm³/mol. The summed E-state index contributed by atoms with van der Waals surface area (Å²) in [7, 11) is 0. The summed E-state index contributed by atoms with van der Waals surface area (Å²) < 4.78 is 5.22. The molecule has 0 aliphatic carbocycles. The van der Waals surface area contributed by atoms with Crippen molar-refractivity contribution in [2.75, 3.05) is 0 Å². The third-order valence-electron chi connectivity index (χ3n) is 2.09. The van der Waals surface area contributed by atoms with E-state index >= 15 is 0 Å². The van der Waals surface area contributed by atoms with Crippen molar-refractivity contribution in [3.05, 3.63) is 30.1 Å². The van der Waals surface area contributed by atoms with Crippen LogP contribution < -0.4 is 5.73 Å². The van der Waals surface area contributed by atoms with Crippen molar-refractivity contribution in [2.24, 2.45) is 5.73 Å². The summed E-state index contributed by atoms with van der Waals surface area (Å²) in [5, 5.41) is 0. The van der Waals surface area contributed by atoms with Gasteiger partial charge in [-0.2, -0.15) is 0 Å². The minimum Gasteiger partial charge on any atom is -0.468 e. The molecule has 1 atom stereocenters. The third-order valence-corrected chi connectivity index (χ3v) is 3.52. The van der Waals surface area contributed by atoms with E-state index < -0.39 is 0 Å². The normalized spacial score (nSPS) is 16.1. The summed E-state index contributed by atoms with van der Waals surface area (Å²) in [6.45, 7) is 6.13. The molecule has 0 aliphatic heterocycles. The van der Waals surface area contributed by atoms with E-state index in [1.807, 2.05) is 19.1 Å². The van der Waals surface area contributed by atoms with Gasteiger partial charge in [0.25, 0.3) is 0 Å². The van der Waals surface area contributed by atoms with Gasteiger partial charge in [-0.15, -0.1) is 11.8 Å². The molecule has 1 heterocycles. The van der Waals surface area contributed by atoms with Crippen LogP contribution in [0.15, 0.2) is 22.8 Å². The number of hydrogen-bond donors (Lipinski definition) is 1. The standard InChI is InChI=1S/C10H16NOS/c1-8(2)10(3,11)13-7-9-5-4-6-12-9/h4-6H,7,11H2,1-3H3. The summed E-state index contributed by atoms with van der Waals surface area (Å²) in [6, 6.07) is 3.86. The molecule has 0 aromatic carbocycles. The van der Waals surface area contributed by atoms with Gasteiger partial charge >= 0.3 is 0 Å². The zero-order valence-corrected chi connectivity index (χ0v) is 9.15. The number of furan rings is 1. The van der Waals surface area contributed by atoms with E-state index in [0.29, 0.717) is 0 Å². The summed E-state index contributed by atoms with van der Waals surface area (Å²) in [5.41, 5.74) is 6.06. The highest BCUT2D eigenvalue weighted by Gasteiger charge is 2.24. The Balaban J connectivity index is 2.42. The Bertz CT molecular complexity index is 241. The minimum absolute atomic E-state index is 0.257. The Labute approximate surface area is 83.9 Å². The van der Waals surface area contributed by atoms with Crippen LogP contribution in [0, 0.1) is 5.92 Å². The van der Waals surface area contributed by atoms with Crippen LogP contribution in [0.25, 0.3) is 0 Å². The van der Waals surface area contributed by atoms with Gasteiger partial charge in [0, 0.05) is 0 Å². The first kappa shape index (κ1) is 10.7. The highest BCUT2D eigenvalue weighted by atomic mass is 32.2. The Morgan fingerprint density at radius 2 is 2.31 bits per heavy atom. The predicted octanol–water partition coefficient (Wildman–Crippen LogP) is 2.80. The summed E-state index contributed by atoms with van der Waals surface area (Å²) >= 11 is 1.69. The molecule has 0 aliphatic rings. The maximum atomic E-state index is 6.06. The van der Waals surface area contributed by atoms with Gasteiger partial charge in [-0.3, -0.25) is 0 Å². The van der Waals surface area contributed by atoms with E-state index in [1.54, 1.807) is 18.0 Å². The zero-order chi connectivity index (χ0) is 9.90. The first-order chi connectivity index (χ1) is 6.02. The van der Waals surface area contributed by atoms with Crippen LogP contribution >= 0.6 is 11.8 Å². The lowest BCUT2D eigenvalue weighted by molar-refractivity contribution is 0.529. The fraction of sp³-hybridized carbons (Fsp3) is 0.500. The van der Waals surface area contributed by atoms with Crippen molar-refractivity contribution in [1.29, 1.82) is 0 Å². The molecule has 2 N–H and O–H groups in total. The molecule has 73 valence electrons. The summed E-state index contributed by atoms with van der Waals surface area (Å²) in [5.74, 6) is 3.03. The topological polar surface area (TPSA) is 39.2 Å². The van der Waals surface area contributed by atoms with Gasteiger partial charge < -0.3 is 10.2 Å². The molecular weight excluding hydrogens is 182 g/mol. The maximum absolute atomic E-state index is 6.06. The van der Waals surface area contributed by atoms with Crippen LogP contribution in [0.3, 0.4) is 0 Å². The van der Waals surface area contributed by atoms with Crippen molar-refractivity contribution in [3.8, 4) is 0 Å². The number of hydrogen-bond acceptors (Lipinski definition) is 3. The zero-order valence-electron chi connectivity index (χ0n) is 8.33. The highest BCUT2D eigenvalue weighted by Crippen LogP contribution is 2.31. The van der Waals surface area contributed by atoms with E-state index in [0.717, 1.165) is 11.5 Å². The van der Waals surface area contributed by atoms with Gasteiger partial charge in [0.2, 0.25) is 0 Å². The lowest BCUT2D eigenvalue weighted by Crippen LogP contribution is -2.36. The first-order valence-electron chi connectivity index (χ1n) is 4.28. The van der Waals surface area contributed by atoms with E-state index in [4.69, 9.17) is 10.2 Å². The molecule has 0 bridgehead atoms. The molecule has 0 fully saturated rings. The van der Waals surface area contributed by atoms with Crippen LogP contribution in [0.1, 0.15) is 26.5 Å². The van der Waals surface area contributed by atoms with Crippen molar-refractivity contribution in [1.82, 2.24) is 0 Å².